The third kappa shape index (κ3) is 3.09. The maximum atomic E-state index is 11.1. The molecule has 1 rings (SSSR count). The van der Waals surface area contributed by atoms with E-state index in [1.807, 2.05) is 25.1 Å². The van der Waals surface area contributed by atoms with Crippen LogP contribution in [0, 0.1) is 0 Å². The second-order valence-electron chi connectivity index (χ2n) is 3.33. The lowest BCUT2D eigenvalue weighted by molar-refractivity contribution is 0.101. The molecule has 0 heterocycles. The predicted octanol–water partition coefficient (Wildman–Crippen LogP) is 3.45. The number of allylic oxidation sites excluding steroid dienone is 2. The molecule has 0 amide bonds. The van der Waals surface area contributed by atoms with Crippen molar-refractivity contribution in [3.63, 3.8) is 0 Å². The van der Waals surface area contributed by atoms with Gasteiger partial charge in [0.25, 0.3) is 0 Å². The van der Waals surface area contributed by atoms with Crippen LogP contribution in [0.3, 0.4) is 0 Å². The van der Waals surface area contributed by atoms with Crippen molar-refractivity contribution in [3.8, 4) is 0 Å². The first-order valence-corrected chi connectivity index (χ1v) is 5.26. The van der Waals surface area contributed by atoms with Crippen LogP contribution in [0.5, 0.6) is 0 Å². The van der Waals surface area contributed by atoms with E-state index in [2.05, 4.69) is 6.58 Å². The number of benzene rings is 1. The van der Waals surface area contributed by atoms with Crippen molar-refractivity contribution in [1.29, 1.82) is 0 Å². The average molecular weight is 216 g/mol. The van der Waals surface area contributed by atoms with Gasteiger partial charge < -0.3 is 4.74 Å². The molecule has 2 nitrogen and oxygen atoms in total. The highest BCUT2D eigenvalue weighted by Gasteiger charge is 2.03. The van der Waals surface area contributed by atoms with Gasteiger partial charge in [-0.3, -0.25) is 4.79 Å². The lowest BCUT2D eigenvalue weighted by Gasteiger charge is -2.08. The van der Waals surface area contributed by atoms with E-state index >= 15 is 0 Å². The molecule has 0 fully saturated rings. The minimum atomic E-state index is 0.0669. The van der Waals surface area contributed by atoms with E-state index in [4.69, 9.17) is 4.74 Å². The topological polar surface area (TPSA) is 26.3 Å². The SMILES string of the molecule is C=C/C=C(/OCC)c1ccc(C(C)=O)cc1. The molecule has 16 heavy (non-hydrogen) atoms. The number of ketones is 1. The summed E-state index contributed by atoms with van der Waals surface area (Å²) in [6.07, 6.45) is 3.50. The maximum Gasteiger partial charge on any atom is 0.159 e. The summed E-state index contributed by atoms with van der Waals surface area (Å²) in [5, 5.41) is 0. The van der Waals surface area contributed by atoms with E-state index in [0.717, 1.165) is 11.3 Å². The highest BCUT2D eigenvalue weighted by Crippen LogP contribution is 2.17. The molecule has 1 aromatic rings. The molecule has 0 aliphatic rings. The first-order valence-electron chi connectivity index (χ1n) is 5.26. The third-order valence-corrected chi connectivity index (χ3v) is 2.15. The van der Waals surface area contributed by atoms with Gasteiger partial charge in [0, 0.05) is 11.1 Å². The van der Waals surface area contributed by atoms with Gasteiger partial charge in [-0.25, -0.2) is 0 Å². The van der Waals surface area contributed by atoms with Crippen molar-refractivity contribution in [2.24, 2.45) is 0 Å². The van der Waals surface area contributed by atoms with Crippen LogP contribution in [0.15, 0.2) is 43.0 Å². The molecule has 0 saturated heterocycles. The Morgan fingerprint density at radius 1 is 1.31 bits per heavy atom. The first-order chi connectivity index (χ1) is 7.69. The number of hydrogen-bond donors (Lipinski definition) is 0. The minimum Gasteiger partial charge on any atom is -0.493 e. The number of carbonyl (C=O) groups excluding carboxylic acids is 1. The lowest BCUT2D eigenvalue weighted by Crippen LogP contribution is -1.94. The van der Waals surface area contributed by atoms with E-state index in [1.54, 1.807) is 25.1 Å². The molecule has 0 unspecified atom stereocenters. The van der Waals surface area contributed by atoms with E-state index in [0.29, 0.717) is 12.2 Å². The smallest absolute Gasteiger partial charge is 0.159 e. The molecular formula is C14H16O2. The number of ether oxygens (including phenoxy) is 1. The lowest BCUT2D eigenvalue weighted by atomic mass is 10.1. The fourth-order valence-corrected chi connectivity index (χ4v) is 1.36. The minimum absolute atomic E-state index is 0.0669. The fourth-order valence-electron chi connectivity index (χ4n) is 1.36. The molecule has 1 aromatic carbocycles. The summed E-state index contributed by atoms with van der Waals surface area (Å²) in [4.78, 5) is 11.1. The second kappa shape index (κ2) is 5.91. The predicted molar refractivity (Wildman–Crippen MR) is 66.2 cm³/mol. The van der Waals surface area contributed by atoms with Gasteiger partial charge in [0.05, 0.1) is 6.61 Å². The molecule has 0 saturated carbocycles. The van der Waals surface area contributed by atoms with Crippen LogP contribution in [0.25, 0.3) is 5.76 Å². The molecule has 0 aliphatic carbocycles. The van der Waals surface area contributed by atoms with Gasteiger partial charge in [-0.15, -0.1) is 0 Å². The van der Waals surface area contributed by atoms with Crippen LogP contribution >= 0.6 is 0 Å². The van der Waals surface area contributed by atoms with Crippen LogP contribution < -0.4 is 0 Å². The molecule has 84 valence electrons. The molecule has 0 atom stereocenters. The van der Waals surface area contributed by atoms with Crippen molar-refractivity contribution >= 4 is 11.5 Å². The zero-order valence-corrected chi connectivity index (χ0v) is 9.69. The Labute approximate surface area is 96.2 Å². The van der Waals surface area contributed by atoms with Gasteiger partial charge >= 0.3 is 0 Å². The third-order valence-electron chi connectivity index (χ3n) is 2.15. The van der Waals surface area contributed by atoms with Crippen LogP contribution in [-0.4, -0.2) is 12.4 Å². The Bertz CT molecular complexity index is 399. The van der Waals surface area contributed by atoms with Gasteiger partial charge in [-0.1, -0.05) is 36.9 Å². The normalized spacial score (nSPS) is 11.0. The largest absolute Gasteiger partial charge is 0.493 e. The number of carbonyl (C=O) groups is 1. The van der Waals surface area contributed by atoms with Gasteiger partial charge in [-0.2, -0.15) is 0 Å². The molecule has 0 radical (unpaired) electrons. The molecule has 0 spiro atoms. The van der Waals surface area contributed by atoms with Crippen molar-refractivity contribution in [2.75, 3.05) is 6.61 Å². The molecule has 0 bridgehead atoms. The zero-order chi connectivity index (χ0) is 12.0. The standard InChI is InChI=1S/C14H16O2/c1-4-6-14(16-5-2)13-9-7-12(8-10-13)11(3)15/h4,6-10H,1,5H2,2-3H3/b14-6+. The Morgan fingerprint density at radius 3 is 2.31 bits per heavy atom. The van der Waals surface area contributed by atoms with Crippen molar-refractivity contribution < 1.29 is 9.53 Å². The van der Waals surface area contributed by atoms with Crippen LogP contribution in [0.1, 0.15) is 29.8 Å². The second-order valence-corrected chi connectivity index (χ2v) is 3.33. The van der Waals surface area contributed by atoms with Crippen molar-refractivity contribution in [1.82, 2.24) is 0 Å². The van der Waals surface area contributed by atoms with E-state index in [-0.39, 0.29) is 5.78 Å². The van der Waals surface area contributed by atoms with E-state index in [9.17, 15) is 4.79 Å². The Hall–Kier alpha value is -1.83. The summed E-state index contributed by atoms with van der Waals surface area (Å²) in [6.45, 7) is 7.73. The first kappa shape index (κ1) is 12.2. The zero-order valence-electron chi connectivity index (χ0n) is 9.69. The highest BCUT2D eigenvalue weighted by atomic mass is 16.5. The fraction of sp³-hybridized carbons (Fsp3) is 0.214. The maximum absolute atomic E-state index is 11.1. The highest BCUT2D eigenvalue weighted by molar-refractivity contribution is 5.94. The Balaban J connectivity index is 2.98. The van der Waals surface area contributed by atoms with Crippen LogP contribution in [0.2, 0.25) is 0 Å². The summed E-state index contributed by atoms with van der Waals surface area (Å²) >= 11 is 0. The molecule has 2 heteroatoms. The summed E-state index contributed by atoms with van der Waals surface area (Å²) in [5.41, 5.74) is 1.66. The quantitative estimate of drug-likeness (QED) is 0.428. The summed E-state index contributed by atoms with van der Waals surface area (Å²) in [5.74, 6) is 0.838. The van der Waals surface area contributed by atoms with Gasteiger partial charge in [0.2, 0.25) is 0 Å². The molecule has 0 N–H and O–H groups in total. The molecule has 0 aliphatic heterocycles. The summed E-state index contributed by atoms with van der Waals surface area (Å²) in [6, 6.07) is 7.35. The number of hydrogen-bond acceptors (Lipinski definition) is 2. The van der Waals surface area contributed by atoms with Crippen molar-refractivity contribution in [3.05, 3.63) is 54.1 Å². The number of Topliss-reactive ketones (excluding diaryl/α,β-unsaturated/α-hetero) is 1. The van der Waals surface area contributed by atoms with E-state index in [1.165, 1.54) is 0 Å². The average Bonchev–Trinajstić information content (AvgIpc) is 2.29. The van der Waals surface area contributed by atoms with Gasteiger partial charge in [0.15, 0.2) is 5.78 Å². The van der Waals surface area contributed by atoms with Crippen LogP contribution in [0.4, 0.5) is 0 Å². The molecular weight excluding hydrogens is 200 g/mol. The monoisotopic (exact) mass is 216 g/mol. The summed E-state index contributed by atoms with van der Waals surface area (Å²) in [7, 11) is 0. The summed E-state index contributed by atoms with van der Waals surface area (Å²) < 4.78 is 5.47. The number of rotatable bonds is 5. The van der Waals surface area contributed by atoms with Gasteiger partial charge in [0.1, 0.15) is 5.76 Å². The van der Waals surface area contributed by atoms with Crippen LogP contribution in [-0.2, 0) is 4.74 Å². The molecule has 0 aromatic heterocycles. The van der Waals surface area contributed by atoms with Gasteiger partial charge in [-0.05, 0) is 19.9 Å². The Kier molecular flexibility index (Phi) is 4.52. The Morgan fingerprint density at radius 2 is 1.88 bits per heavy atom. The van der Waals surface area contributed by atoms with Crippen molar-refractivity contribution in [2.45, 2.75) is 13.8 Å². The van der Waals surface area contributed by atoms with E-state index < -0.39 is 0 Å².